The minimum atomic E-state index is -0.534. The van der Waals surface area contributed by atoms with E-state index in [0.717, 1.165) is 21.6 Å². The molecule has 8 heteroatoms. The normalized spacial score (nSPS) is 10.8. The number of hydrogen-bond donors (Lipinski definition) is 0. The van der Waals surface area contributed by atoms with Crippen LogP contribution in [0.4, 0.5) is 5.69 Å². The van der Waals surface area contributed by atoms with Crippen LogP contribution in [0, 0.1) is 10.1 Å². The maximum Gasteiger partial charge on any atom is 0.295 e. The van der Waals surface area contributed by atoms with Crippen LogP contribution in [-0.4, -0.2) is 21.8 Å². The minimum Gasteiger partial charge on any atom is -0.497 e. The SMILES string of the molecule is COc1ccc(COc2ccc([N+](=O)[O-])c(-n3nc(-c4ccccc4)c4ccccc4c3=O)c2)cc1. The van der Waals surface area contributed by atoms with Gasteiger partial charge < -0.3 is 9.47 Å². The Bertz CT molecular complexity index is 1610. The monoisotopic (exact) mass is 479 g/mol. The Kier molecular flexibility index (Phi) is 6.15. The molecule has 1 aromatic heterocycles. The van der Waals surface area contributed by atoms with Crippen LogP contribution in [0.2, 0.25) is 0 Å². The second-order valence-electron chi connectivity index (χ2n) is 8.02. The summed E-state index contributed by atoms with van der Waals surface area (Å²) < 4.78 is 12.2. The third kappa shape index (κ3) is 4.39. The first-order chi connectivity index (χ1) is 17.5. The van der Waals surface area contributed by atoms with Gasteiger partial charge in [-0.1, -0.05) is 60.7 Å². The van der Waals surface area contributed by atoms with Gasteiger partial charge in [-0.3, -0.25) is 14.9 Å². The van der Waals surface area contributed by atoms with Crippen molar-refractivity contribution in [2.24, 2.45) is 0 Å². The maximum absolute atomic E-state index is 13.5. The summed E-state index contributed by atoms with van der Waals surface area (Å²) in [5.74, 6) is 1.10. The summed E-state index contributed by atoms with van der Waals surface area (Å²) in [6, 6.07) is 28.2. The summed E-state index contributed by atoms with van der Waals surface area (Å²) in [5, 5.41) is 17.6. The molecule has 0 bridgehead atoms. The highest BCUT2D eigenvalue weighted by molar-refractivity contribution is 5.94. The Labute approximate surface area is 206 Å². The summed E-state index contributed by atoms with van der Waals surface area (Å²) in [4.78, 5) is 24.8. The van der Waals surface area contributed by atoms with Crippen molar-refractivity contribution in [1.29, 1.82) is 0 Å². The lowest BCUT2D eigenvalue weighted by molar-refractivity contribution is -0.384. The summed E-state index contributed by atoms with van der Waals surface area (Å²) in [5.41, 5.74) is 1.54. The van der Waals surface area contributed by atoms with Gasteiger partial charge in [0.15, 0.2) is 0 Å². The summed E-state index contributed by atoms with van der Waals surface area (Å²) in [6.07, 6.45) is 0. The van der Waals surface area contributed by atoms with E-state index in [1.54, 1.807) is 19.2 Å². The molecule has 0 aliphatic carbocycles. The average molecular weight is 479 g/mol. The zero-order valence-electron chi connectivity index (χ0n) is 19.3. The van der Waals surface area contributed by atoms with Gasteiger partial charge in [-0.15, -0.1) is 0 Å². The van der Waals surface area contributed by atoms with Crippen LogP contribution < -0.4 is 15.0 Å². The van der Waals surface area contributed by atoms with Crippen molar-refractivity contribution >= 4 is 16.5 Å². The summed E-state index contributed by atoms with van der Waals surface area (Å²) in [6.45, 7) is 0.233. The van der Waals surface area contributed by atoms with E-state index in [9.17, 15) is 14.9 Å². The van der Waals surface area contributed by atoms with E-state index in [-0.39, 0.29) is 18.0 Å². The lowest BCUT2D eigenvalue weighted by Crippen LogP contribution is -2.23. The van der Waals surface area contributed by atoms with Crippen LogP contribution in [-0.2, 0) is 6.61 Å². The van der Waals surface area contributed by atoms with Crippen LogP contribution in [0.15, 0.2) is 102 Å². The van der Waals surface area contributed by atoms with Crippen molar-refractivity contribution in [2.45, 2.75) is 6.61 Å². The first-order valence-electron chi connectivity index (χ1n) is 11.2. The molecule has 1 heterocycles. The van der Waals surface area contributed by atoms with Crippen molar-refractivity contribution < 1.29 is 14.4 Å². The van der Waals surface area contributed by atoms with Gasteiger partial charge in [-0.05, 0) is 29.8 Å². The number of hydrogen-bond acceptors (Lipinski definition) is 6. The van der Waals surface area contributed by atoms with E-state index in [1.807, 2.05) is 66.7 Å². The van der Waals surface area contributed by atoms with Crippen LogP contribution in [0.5, 0.6) is 11.5 Å². The fraction of sp³-hybridized carbons (Fsp3) is 0.0714. The molecule has 0 unspecified atom stereocenters. The molecule has 0 saturated heterocycles. The van der Waals surface area contributed by atoms with Crippen molar-refractivity contribution in [2.75, 3.05) is 7.11 Å². The fourth-order valence-corrected chi connectivity index (χ4v) is 3.97. The van der Waals surface area contributed by atoms with Gasteiger partial charge in [-0.2, -0.15) is 9.78 Å². The highest BCUT2D eigenvalue weighted by Gasteiger charge is 2.21. The number of aromatic nitrogens is 2. The molecule has 5 aromatic rings. The van der Waals surface area contributed by atoms with E-state index in [0.29, 0.717) is 22.2 Å². The molecule has 0 spiro atoms. The van der Waals surface area contributed by atoms with E-state index < -0.39 is 10.5 Å². The number of rotatable bonds is 7. The smallest absolute Gasteiger partial charge is 0.295 e. The molecule has 0 N–H and O–H groups in total. The fourth-order valence-electron chi connectivity index (χ4n) is 3.97. The highest BCUT2D eigenvalue weighted by Crippen LogP contribution is 2.30. The molecular weight excluding hydrogens is 458 g/mol. The van der Waals surface area contributed by atoms with Gasteiger partial charge in [0.05, 0.1) is 23.1 Å². The van der Waals surface area contributed by atoms with E-state index in [4.69, 9.17) is 9.47 Å². The molecule has 178 valence electrons. The predicted octanol–water partition coefficient (Wildman–Crippen LogP) is 5.55. The minimum absolute atomic E-state index is 0.0279. The third-order valence-electron chi connectivity index (χ3n) is 5.79. The summed E-state index contributed by atoms with van der Waals surface area (Å²) in [7, 11) is 1.59. The van der Waals surface area contributed by atoms with Crippen LogP contribution in [0.25, 0.3) is 27.7 Å². The first-order valence-corrected chi connectivity index (χ1v) is 11.2. The number of fused-ring (bicyclic) bond motifs is 1. The molecule has 0 aliphatic rings. The van der Waals surface area contributed by atoms with Gasteiger partial charge >= 0.3 is 0 Å². The topological polar surface area (TPSA) is 96.5 Å². The average Bonchev–Trinajstić information content (AvgIpc) is 2.93. The number of nitrogens with zero attached hydrogens (tertiary/aromatic N) is 3. The number of nitro groups is 1. The molecule has 0 atom stereocenters. The Balaban J connectivity index is 1.62. The molecule has 5 rings (SSSR count). The number of benzene rings is 4. The highest BCUT2D eigenvalue weighted by atomic mass is 16.6. The second-order valence-corrected chi connectivity index (χ2v) is 8.02. The molecule has 36 heavy (non-hydrogen) atoms. The summed E-state index contributed by atoms with van der Waals surface area (Å²) >= 11 is 0. The zero-order chi connectivity index (χ0) is 25.1. The van der Waals surface area contributed by atoms with Crippen molar-refractivity contribution in [1.82, 2.24) is 9.78 Å². The van der Waals surface area contributed by atoms with Gasteiger partial charge in [0.1, 0.15) is 23.8 Å². The third-order valence-corrected chi connectivity index (χ3v) is 5.79. The molecule has 0 saturated carbocycles. The number of methoxy groups -OCH3 is 1. The Morgan fingerprint density at radius 3 is 2.22 bits per heavy atom. The molecule has 0 aliphatic heterocycles. The van der Waals surface area contributed by atoms with Gasteiger partial charge in [0.2, 0.25) is 0 Å². The molecular formula is C28H21N3O5. The molecule has 4 aromatic carbocycles. The van der Waals surface area contributed by atoms with E-state index >= 15 is 0 Å². The quantitative estimate of drug-likeness (QED) is 0.224. The largest absolute Gasteiger partial charge is 0.497 e. The standard InChI is InChI=1S/C28H21N3O5/c1-35-21-13-11-19(12-14-21)18-36-22-15-16-25(31(33)34)26(17-22)30-28(32)24-10-6-5-9-23(24)27(29-30)20-7-3-2-4-8-20/h2-17H,18H2,1H3. The molecule has 0 fully saturated rings. The maximum atomic E-state index is 13.5. The van der Waals surface area contributed by atoms with E-state index in [1.165, 1.54) is 18.2 Å². The lowest BCUT2D eigenvalue weighted by atomic mass is 10.1. The Morgan fingerprint density at radius 1 is 0.861 bits per heavy atom. The number of nitro benzene ring substituents is 1. The zero-order valence-corrected chi connectivity index (χ0v) is 19.3. The van der Waals surface area contributed by atoms with Crippen LogP contribution >= 0.6 is 0 Å². The Morgan fingerprint density at radius 2 is 1.53 bits per heavy atom. The van der Waals surface area contributed by atoms with Crippen molar-refractivity contribution in [3.63, 3.8) is 0 Å². The first kappa shape index (κ1) is 22.8. The van der Waals surface area contributed by atoms with Crippen LogP contribution in [0.1, 0.15) is 5.56 Å². The lowest BCUT2D eigenvalue weighted by Gasteiger charge is -2.13. The van der Waals surface area contributed by atoms with Gasteiger partial charge in [0.25, 0.3) is 11.2 Å². The Hall–Kier alpha value is -4.98. The van der Waals surface area contributed by atoms with Gasteiger partial charge in [0, 0.05) is 23.1 Å². The van der Waals surface area contributed by atoms with Crippen LogP contribution in [0.3, 0.4) is 0 Å². The van der Waals surface area contributed by atoms with Crippen molar-refractivity contribution in [3.8, 4) is 28.4 Å². The molecule has 0 radical (unpaired) electrons. The molecule has 0 amide bonds. The van der Waals surface area contributed by atoms with Gasteiger partial charge in [-0.25, -0.2) is 0 Å². The number of ether oxygens (including phenoxy) is 2. The second kappa shape index (κ2) is 9.71. The predicted molar refractivity (Wildman–Crippen MR) is 137 cm³/mol. The van der Waals surface area contributed by atoms with E-state index in [2.05, 4.69) is 5.10 Å². The van der Waals surface area contributed by atoms with Crippen molar-refractivity contribution in [3.05, 3.63) is 123 Å². The molecule has 8 nitrogen and oxygen atoms in total.